The first-order chi connectivity index (χ1) is 17.7. The molecule has 0 radical (unpaired) electrons. The molecule has 0 aliphatic rings. The number of aromatic hydroxyl groups is 1. The monoisotopic (exact) mass is 510 g/mol. The summed E-state index contributed by atoms with van der Waals surface area (Å²) < 4.78 is 27.5. The minimum atomic E-state index is -1.06. The molecule has 3 aromatic carbocycles. The molecule has 0 saturated heterocycles. The van der Waals surface area contributed by atoms with Crippen LogP contribution in [-0.2, 0) is 24.2 Å². The van der Waals surface area contributed by atoms with E-state index in [-0.39, 0.29) is 42.9 Å². The van der Waals surface area contributed by atoms with Crippen molar-refractivity contribution >= 4 is 11.7 Å². The maximum absolute atomic E-state index is 13.7. The largest absolute Gasteiger partial charge is 0.508 e. The lowest BCUT2D eigenvalue weighted by Crippen LogP contribution is -2.48. The fourth-order valence-corrected chi connectivity index (χ4v) is 4.03. The molecular formula is C29H32F2N2O4. The van der Waals surface area contributed by atoms with Gasteiger partial charge in [0.15, 0.2) is 5.78 Å². The number of Topliss-reactive ketones (excluding diaryl/α,β-unsaturated/α-hetero) is 1. The van der Waals surface area contributed by atoms with Crippen LogP contribution in [0.15, 0.2) is 66.7 Å². The van der Waals surface area contributed by atoms with Crippen LogP contribution in [0.5, 0.6) is 5.75 Å². The Balaban J connectivity index is 1.62. The number of amides is 1. The predicted molar refractivity (Wildman–Crippen MR) is 137 cm³/mol. The van der Waals surface area contributed by atoms with Gasteiger partial charge in [-0.3, -0.25) is 9.59 Å². The van der Waals surface area contributed by atoms with Crippen LogP contribution in [0.3, 0.4) is 0 Å². The zero-order valence-corrected chi connectivity index (χ0v) is 20.7. The number of rotatable bonds is 13. The Kier molecular flexibility index (Phi) is 10.3. The van der Waals surface area contributed by atoms with Crippen molar-refractivity contribution in [2.24, 2.45) is 0 Å². The second-order valence-electron chi connectivity index (χ2n) is 9.00. The van der Waals surface area contributed by atoms with Crippen molar-refractivity contribution in [3.63, 3.8) is 0 Å². The summed E-state index contributed by atoms with van der Waals surface area (Å²) in [6, 6.07) is 16.0. The van der Waals surface area contributed by atoms with Gasteiger partial charge in [0.1, 0.15) is 17.4 Å². The number of aryl methyl sites for hydroxylation is 1. The molecular weight excluding hydrogens is 478 g/mol. The van der Waals surface area contributed by atoms with Crippen molar-refractivity contribution < 1.29 is 28.6 Å². The lowest BCUT2D eigenvalue weighted by molar-refractivity contribution is -0.122. The predicted octanol–water partition coefficient (Wildman–Crippen LogP) is 4.07. The van der Waals surface area contributed by atoms with E-state index >= 15 is 0 Å². The van der Waals surface area contributed by atoms with E-state index < -0.39 is 29.7 Å². The number of halogens is 2. The molecule has 0 aliphatic heterocycles. The van der Waals surface area contributed by atoms with Gasteiger partial charge in [0.25, 0.3) is 0 Å². The van der Waals surface area contributed by atoms with Crippen LogP contribution < -0.4 is 10.6 Å². The Bertz CT molecular complexity index is 1180. The Morgan fingerprint density at radius 2 is 1.57 bits per heavy atom. The van der Waals surface area contributed by atoms with Gasteiger partial charge in [0.2, 0.25) is 5.91 Å². The third-order valence-electron chi connectivity index (χ3n) is 6.04. The van der Waals surface area contributed by atoms with Gasteiger partial charge in [-0.1, -0.05) is 31.2 Å². The summed E-state index contributed by atoms with van der Waals surface area (Å²) >= 11 is 0. The number of ketones is 1. The lowest BCUT2D eigenvalue weighted by Gasteiger charge is -2.25. The van der Waals surface area contributed by atoms with Crippen LogP contribution in [-0.4, -0.2) is 40.6 Å². The number of phenolic OH excluding ortho intramolecular Hbond substituents is 1. The maximum Gasteiger partial charge on any atom is 0.220 e. The Hall–Kier alpha value is -3.62. The van der Waals surface area contributed by atoms with E-state index in [4.69, 9.17) is 0 Å². The van der Waals surface area contributed by atoms with Crippen LogP contribution >= 0.6 is 0 Å². The Morgan fingerprint density at radius 3 is 2.24 bits per heavy atom. The van der Waals surface area contributed by atoms with Gasteiger partial charge in [0.05, 0.1) is 12.1 Å². The fourth-order valence-electron chi connectivity index (χ4n) is 4.03. The first-order valence-corrected chi connectivity index (χ1v) is 12.3. The maximum atomic E-state index is 13.7. The average molecular weight is 511 g/mol. The highest BCUT2D eigenvalue weighted by atomic mass is 19.1. The molecule has 4 N–H and O–H groups in total. The van der Waals surface area contributed by atoms with Crippen LogP contribution in [0.4, 0.5) is 8.78 Å². The topological polar surface area (TPSA) is 98.7 Å². The van der Waals surface area contributed by atoms with Crippen molar-refractivity contribution in [1.82, 2.24) is 10.6 Å². The summed E-state index contributed by atoms with van der Waals surface area (Å²) in [6.45, 7) is 2.70. The van der Waals surface area contributed by atoms with Crippen LogP contribution in [0.1, 0.15) is 46.8 Å². The van der Waals surface area contributed by atoms with E-state index in [1.54, 1.807) is 0 Å². The summed E-state index contributed by atoms with van der Waals surface area (Å²) in [5, 5.41) is 26.1. The number of benzene rings is 3. The van der Waals surface area contributed by atoms with Gasteiger partial charge in [-0.15, -0.1) is 0 Å². The SMILES string of the molecule is CCc1cccc(CNCC(O)C(Cc2cc(F)cc(F)c2)NC(=O)CCC(=O)c2ccc(O)cc2)c1. The van der Waals surface area contributed by atoms with Gasteiger partial charge >= 0.3 is 0 Å². The summed E-state index contributed by atoms with van der Waals surface area (Å²) in [7, 11) is 0. The van der Waals surface area contributed by atoms with E-state index in [1.807, 2.05) is 18.2 Å². The number of aliphatic hydroxyl groups excluding tert-OH is 1. The molecule has 196 valence electrons. The average Bonchev–Trinajstić information content (AvgIpc) is 2.86. The minimum Gasteiger partial charge on any atom is -0.508 e. The van der Waals surface area contributed by atoms with E-state index in [9.17, 15) is 28.6 Å². The van der Waals surface area contributed by atoms with Crippen molar-refractivity contribution in [2.75, 3.05) is 6.54 Å². The van der Waals surface area contributed by atoms with Crippen LogP contribution in [0.2, 0.25) is 0 Å². The highest BCUT2D eigenvalue weighted by Crippen LogP contribution is 2.14. The van der Waals surface area contributed by atoms with Gasteiger partial charge in [-0.25, -0.2) is 8.78 Å². The molecule has 0 fully saturated rings. The van der Waals surface area contributed by atoms with Gasteiger partial charge in [0, 0.05) is 37.6 Å². The van der Waals surface area contributed by atoms with Gasteiger partial charge in [-0.2, -0.15) is 0 Å². The van der Waals surface area contributed by atoms with Crippen LogP contribution in [0, 0.1) is 11.6 Å². The standard InChI is InChI=1S/C29H32F2N2O4/c1-2-19-4-3-5-20(12-19)17-32-18-28(36)26(15-21-13-23(30)16-24(31)14-21)33-29(37)11-10-27(35)22-6-8-25(34)9-7-22/h3-9,12-14,16,26,28,32,34,36H,2,10-11,15,17-18H2,1H3,(H,33,37). The number of aliphatic hydroxyl groups is 1. The van der Waals surface area contributed by atoms with E-state index in [0.717, 1.165) is 30.2 Å². The molecule has 0 aliphatic carbocycles. The normalized spacial score (nSPS) is 12.6. The van der Waals surface area contributed by atoms with E-state index in [1.165, 1.54) is 29.8 Å². The van der Waals surface area contributed by atoms with Crippen LogP contribution in [0.25, 0.3) is 0 Å². The molecule has 2 atom stereocenters. The number of phenols is 1. The molecule has 0 heterocycles. The molecule has 0 aromatic heterocycles. The first kappa shape index (κ1) is 28.0. The zero-order valence-electron chi connectivity index (χ0n) is 20.7. The van der Waals surface area contributed by atoms with E-state index in [2.05, 4.69) is 23.6 Å². The van der Waals surface area contributed by atoms with Gasteiger partial charge < -0.3 is 20.8 Å². The fraction of sp³-hybridized carbons (Fsp3) is 0.310. The van der Waals surface area contributed by atoms with Crippen molar-refractivity contribution in [2.45, 2.75) is 51.3 Å². The van der Waals surface area contributed by atoms with Crippen molar-refractivity contribution in [3.05, 3.63) is 101 Å². The molecule has 6 nitrogen and oxygen atoms in total. The quantitative estimate of drug-likeness (QED) is 0.260. The summed E-state index contributed by atoms with van der Waals surface area (Å²) in [4.78, 5) is 25.0. The Labute approximate surface area is 215 Å². The summed E-state index contributed by atoms with van der Waals surface area (Å²) in [5.74, 6) is -2.20. The Morgan fingerprint density at radius 1 is 0.892 bits per heavy atom. The van der Waals surface area contributed by atoms with E-state index in [0.29, 0.717) is 12.1 Å². The number of hydrogen-bond donors (Lipinski definition) is 4. The van der Waals surface area contributed by atoms with Crippen molar-refractivity contribution in [1.29, 1.82) is 0 Å². The second-order valence-corrected chi connectivity index (χ2v) is 9.00. The second kappa shape index (κ2) is 13.6. The molecule has 1 amide bonds. The van der Waals surface area contributed by atoms with Gasteiger partial charge in [-0.05, 0) is 65.9 Å². The smallest absolute Gasteiger partial charge is 0.220 e. The summed E-state index contributed by atoms with van der Waals surface area (Å²) in [6.07, 6.45) is -0.347. The number of carbonyl (C=O) groups excluding carboxylic acids is 2. The third-order valence-corrected chi connectivity index (χ3v) is 6.04. The van der Waals surface area contributed by atoms with Crippen molar-refractivity contribution in [3.8, 4) is 5.75 Å². The minimum absolute atomic E-state index is 0.000491. The molecule has 37 heavy (non-hydrogen) atoms. The highest BCUT2D eigenvalue weighted by molar-refractivity contribution is 5.98. The molecule has 0 saturated carbocycles. The number of nitrogens with one attached hydrogen (secondary N) is 2. The summed E-state index contributed by atoms with van der Waals surface area (Å²) in [5.41, 5.74) is 2.90. The molecule has 0 bridgehead atoms. The highest BCUT2D eigenvalue weighted by Gasteiger charge is 2.23. The molecule has 2 unspecified atom stereocenters. The number of hydrogen-bond acceptors (Lipinski definition) is 5. The molecule has 3 rings (SSSR count). The zero-order chi connectivity index (χ0) is 26.8. The first-order valence-electron chi connectivity index (χ1n) is 12.3. The lowest BCUT2D eigenvalue weighted by atomic mass is 10.00. The molecule has 0 spiro atoms. The molecule has 3 aromatic rings. The number of carbonyl (C=O) groups is 2. The third kappa shape index (κ3) is 9.08. The molecule has 8 heteroatoms.